The van der Waals surface area contributed by atoms with Crippen LogP contribution < -0.4 is 0 Å². The molecule has 0 amide bonds. The fourth-order valence-corrected chi connectivity index (χ4v) is 6.65. The van der Waals surface area contributed by atoms with E-state index in [1.807, 2.05) is 28.8 Å². The first kappa shape index (κ1) is 24.9. The SMILES string of the molecule is C[Si](C)(C)CCOCn1c(-c2cn(S(=O)(=O)c3ccccc3)c3ccccc23)nc(I)c1I. The van der Waals surface area contributed by atoms with Crippen molar-refractivity contribution in [3.05, 3.63) is 68.2 Å². The lowest BCUT2D eigenvalue weighted by Gasteiger charge is -2.16. The molecule has 2 aromatic carbocycles. The molecule has 0 radical (unpaired) electrons. The Balaban J connectivity index is 1.80. The van der Waals surface area contributed by atoms with E-state index in [0.29, 0.717) is 24.7 Å². The van der Waals surface area contributed by atoms with Gasteiger partial charge in [-0.2, -0.15) is 0 Å². The van der Waals surface area contributed by atoms with Crippen molar-refractivity contribution in [2.75, 3.05) is 6.61 Å². The third-order valence-corrected chi connectivity index (χ3v) is 11.6. The number of hydrogen-bond acceptors (Lipinski definition) is 4. The Labute approximate surface area is 222 Å². The molecule has 0 bridgehead atoms. The molecule has 6 nitrogen and oxygen atoms in total. The highest BCUT2D eigenvalue weighted by Gasteiger charge is 2.25. The van der Waals surface area contributed by atoms with Crippen LogP contribution in [0.3, 0.4) is 0 Å². The van der Waals surface area contributed by atoms with Gasteiger partial charge in [0, 0.05) is 31.8 Å². The van der Waals surface area contributed by atoms with E-state index in [1.165, 1.54) is 3.97 Å². The highest BCUT2D eigenvalue weighted by atomic mass is 127. The van der Waals surface area contributed by atoms with Crippen LogP contribution in [0.5, 0.6) is 0 Å². The van der Waals surface area contributed by atoms with Gasteiger partial charge in [-0.15, -0.1) is 0 Å². The van der Waals surface area contributed by atoms with Crippen molar-refractivity contribution >= 4 is 74.2 Å². The zero-order chi connectivity index (χ0) is 23.8. The molecule has 0 aliphatic rings. The van der Waals surface area contributed by atoms with E-state index >= 15 is 0 Å². The number of aromatic nitrogens is 3. The monoisotopic (exact) mass is 705 g/mol. The molecule has 0 aliphatic carbocycles. The van der Waals surface area contributed by atoms with E-state index in [1.54, 1.807) is 36.5 Å². The Morgan fingerprint density at radius 1 is 1.00 bits per heavy atom. The molecule has 174 valence electrons. The zero-order valence-corrected chi connectivity index (χ0v) is 24.8. The number of rotatable bonds is 8. The summed E-state index contributed by atoms with van der Waals surface area (Å²) in [6, 6.07) is 17.1. The van der Waals surface area contributed by atoms with Crippen LogP contribution in [-0.2, 0) is 21.5 Å². The lowest BCUT2D eigenvalue weighted by atomic mass is 10.1. The molecule has 4 rings (SSSR count). The summed E-state index contributed by atoms with van der Waals surface area (Å²) in [6.45, 7) is 8.05. The van der Waals surface area contributed by atoms with Crippen LogP contribution in [0.2, 0.25) is 25.7 Å². The molecule has 2 heterocycles. The summed E-state index contributed by atoms with van der Waals surface area (Å²) in [5, 5.41) is 0.832. The normalized spacial score (nSPS) is 12.5. The summed E-state index contributed by atoms with van der Waals surface area (Å²) >= 11 is 4.49. The second-order valence-corrected chi connectivity index (χ2v) is 18.4. The van der Waals surface area contributed by atoms with Crippen molar-refractivity contribution in [1.29, 1.82) is 0 Å². The second kappa shape index (κ2) is 9.80. The Morgan fingerprint density at radius 2 is 1.67 bits per heavy atom. The van der Waals surface area contributed by atoms with Crippen LogP contribution in [-0.4, -0.2) is 36.6 Å². The van der Waals surface area contributed by atoms with E-state index in [0.717, 1.165) is 24.4 Å². The van der Waals surface area contributed by atoms with E-state index in [-0.39, 0.29) is 4.90 Å². The van der Waals surface area contributed by atoms with Gasteiger partial charge in [0.15, 0.2) is 0 Å². The van der Waals surface area contributed by atoms with E-state index in [9.17, 15) is 8.42 Å². The van der Waals surface area contributed by atoms with Gasteiger partial charge in [0.25, 0.3) is 10.0 Å². The summed E-state index contributed by atoms with van der Waals surface area (Å²) in [5.74, 6) is 0.704. The number of imidazole rings is 1. The predicted molar refractivity (Wildman–Crippen MR) is 152 cm³/mol. The molecule has 33 heavy (non-hydrogen) atoms. The second-order valence-electron chi connectivity index (χ2n) is 8.97. The standard InChI is InChI=1S/C23H25I2N3O3SSi/c1-33(2,3)14-13-31-16-27-22(25)21(24)26-23(27)19-15-28(20-12-8-7-11-18(19)20)32(29,30)17-9-5-4-6-10-17/h4-12,15H,13-14,16H2,1-3H3. The number of ether oxygens (including phenoxy) is 1. The first-order valence-corrected chi connectivity index (χ1v) is 17.8. The molecule has 0 fully saturated rings. The molecule has 0 unspecified atom stereocenters. The van der Waals surface area contributed by atoms with Gasteiger partial charge in [-0.3, -0.25) is 4.57 Å². The fraction of sp³-hybridized carbons (Fsp3) is 0.261. The Morgan fingerprint density at radius 3 is 2.36 bits per heavy atom. The average molecular weight is 705 g/mol. The highest BCUT2D eigenvalue weighted by Crippen LogP contribution is 2.34. The van der Waals surface area contributed by atoms with Crippen molar-refractivity contribution in [3.8, 4) is 11.4 Å². The molecule has 0 aliphatic heterocycles. The quantitative estimate of drug-likeness (QED) is 0.123. The first-order chi connectivity index (χ1) is 15.6. The van der Waals surface area contributed by atoms with Crippen molar-refractivity contribution in [1.82, 2.24) is 13.5 Å². The molecule has 0 saturated carbocycles. The van der Waals surface area contributed by atoms with Crippen LogP contribution in [0.15, 0.2) is 65.7 Å². The predicted octanol–water partition coefficient (Wildman–Crippen LogP) is 6.26. The Hall–Kier alpha value is -1.22. The summed E-state index contributed by atoms with van der Waals surface area (Å²) in [7, 11) is -4.95. The number of halogens is 2. The van der Waals surface area contributed by atoms with Gasteiger partial charge in [0.2, 0.25) is 0 Å². The van der Waals surface area contributed by atoms with Gasteiger partial charge >= 0.3 is 0 Å². The van der Waals surface area contributed by atoms with Crippen LogP contribution in [0.1, 0.15) is 0 Å². The van der Waals surface area contributed by atoms with E-state index < -0.39 is 18.1 Å². The maximum atomic E-state index is 13.5. The van der Waals surface area contributed by atoms with Gasteiger partial charge in [-0.05, 0) is 69.4 Å². The van der Waals surface area contributed by atoms with Crippen LogP contribution >= 0.6 is 45.2 Å². The van der Waals surface area contributed by atoms with E-state index in [2.05, 4.69) is 64.8 Å². The molecular weight excluding hydrogens is 680 g/mol. The first-order valence-electron chi connectivity index (χ1n) is 10.5. The lowest BCUT2D eigenvalue weighted by molar-refractivity contribution is 0.0866. The minimum atomic E-state index is -3.76. The largest absolute Gasteiger partial charge is 0.361 e. The topological polar surface area (TPSA) is 66.1 Å². The summed E-state index contributed by atoms with van der Waals surface area (Å²) in [4.78, 5) is 5.04. The molecule has 0 saturated heterocycles. The molecule has 0 atom stereocenters. The zero-order valence-electron chi connectivity index (χ0n) is 18.6. The smallest absolute Gasteiger partial charge is 0.268 e. The number of hydrogen-bond donors (Lipinski definition) is 0. The summed E-state index contributed by atoms with van der Waals surface area (Å²) in [6.07, 6.45) is 1.68. The molecule has 0 N–H and O–H groups in total. The summed E-state index contributed by atoms with van der Waals surface area (Å²) < 4.78 is 38.2. The molecule has 2 aromatic heterocycles. The highest BCUT2D eigenvalue weighted by molar-refractivity contribution is 14.1. The maximum absolute atomic E-state index is 13.5. The van der Waals surface area contributed by atoms with Gasteiger partial charge in [-0.1, -0.05) is 56.0 Å². The van der Waals surface area contributed by atoms with Crippen molar-refractivity contribution in [2.24, 2.45) is 0 Å². The third-order valence-electron chi connectivity index (χ3n) is 5.30. The molecule has 4 aromatic rings. The van der Waals surface area contributed by atoms with Crippen molar-refractivity contribution < 1.29 is 13.2 Å². The van der Waals surface area contributed by atoms with Crippen LogP contribution in [0, 0.1) is 7.40 Å². The Bertz CT molecular complexity index is 1390. The number of nitrogens with zero attached hydrogens (tertiary/aromatic N) is 3. The van der Waals surface area contributed by atoms with Crippen molar-refractivity contribution in [3.63, 3.8) is 0 Å². The van der Waals surface area contributed by atoms with Crippen LogP contribution in [0.4, 0.5) is 0 Å². The van der Waals surface area contributed by atoms with Gasteiger partial charge in [-0.25, -0.2) is 17.4 Å². The minimum Gasteiger partial charge on any atom is -0.361 e. The molecule has 10 heteroatoms. The van der Waals surface area contributed by atoms with Crippen molar-refractivity contribution in [2.45, 2.75) is 37.3 Å². The van der Waals surface area contributed by atoms with Crippen LogP contribution in [0.25, 0.3) is 22.3 Å². The van der Waals surface area contributed by atoms with Gasteiger partial charge in [0.1, 0.15) is 20.0 Å². The van der Waals surface area contributed by atoms with E-state index in [4.69, 9.17) is 9.72 Å². The molecule has 0 spiro atoms. The average Bonchev–Trinajstić information content (AvgIpc) is 3.30. The van der Waals surface area contributed by atoms with Gasteiger partial charge in [0.05, 0.1) is 10.4 Å². The number of benzene rings is 2. The lowest BCUT2D eigenvalue weighted by Crippen LogP contribution is -2.22. The summed E-state index contributed by atoms with van der Waals surface area (Å²) in [5.41, 5.74) is 1.38. The molecular formula is C23H25I2N3O3SSi. The van der Waals surface area contributed by atoms with Gasteiger partial charge < -0.3 is 4.74 Å². The Kier molecular flexibility index (Phi) is 7.39. The fourth-order valence-electron chi connectivity index (χ4n) is 3.49. The number of para-hydroxylation sites is 1. The maximum Gasteiger partial charge on any atom is 0.268 e. The number of fused-ring (bicyclic) bond motifs is 1. The minimum absolute atomic E-state index is 0.250. The third kappa shape index (κ3) is 5.23.